The molecule has 0 aliphatic carbocycles. The summed E-state index contributed by atoms with van der Waals surface area (Å²) >= 11 is 1.47. The molecular weight excluding hydrogens is 1690 g/mol. The number of unbranched alkanes of at least 4 members (excludes halogenated alkanes) is 1. The molecule has 1 aliphatic rings. The number of ether oxygens (including phenoxy) is 11. The Kier molecular flexibility index (Phi) is 57.7. The highest BCUT2D eigenvalue weighted by atomic mass is 32.2. The maximum Gasteiger partial charge on any atom is 0.312 e. The zero-order chi connectivity index (χ0) is 94.8. The lowest BCUT2D eigenvalue weighted by Crippen LogP contribution is -2.54. The SMILES string of the molecule is CC[C@H](C)[C@@H]([C@@H](CC(=O)N1CCC[C@H]1[C@H](OC)[C@@H](C)C(=O)N[C@H](CN=[N+]=[N-])Cc1ccc(CC(=O)[C@H](CCCNC(N)=O)NC(=O)[C@@H](CC(=O)COCC(=O)CCCOCCOCCOCCOCCOCCOCCOCCOCCn2cc(CNC(=O)CCCC#Cc3cnc(SC)nc3)nn2)C(C)C)cc1)OC)N(C)C(=O)[C@@H](CC(=O)[C@H](C(C)C)N(C)C)C(C)C. The number of rotatable bonds is 73. The van der Waals surface area contributed by atoms with Crippen molar-refractivity contribution in [3.05, 3.63) is 75.7 Å². The van der Waals surface area contributed by atoms with Crippen molar-refractivity contribution in [2.45, 2.75) is 219 Å². The number of likely N-dealkylation sites (N-methyl/N-ethyl adjacent to an activating group) is 2. The third-order valence-corrected chi connectivity index (χ3v) is 22.9. The van der Waals surface area contributed by atoms with Gasteiger partial charge in [-0.15, -0.1) is 5.10 Å². The third-order valence-electron chi connectivity index (χ3n) is 22.3. The van der Waals surface area contributed by atoms with Crippen molar-refractivity contribution in [2.24, 2.45) is 52.3 Å². The number of thioether (sulfide) groups is 1. The highest BCUT2D eigenvalue weighted by Gasteiger charge is 2.44. The minimum atomic E-state index is -1.01. The van der Waals surface area contributed by atoms with Crippen LogP contribution in [0.2, 0.25) is 0 Å². The second-order valence-corrected chi connectivity index (χ2v) is 34.3. The number of amides is 7. The predicted molar refractivity (Wildman–Crippen MR) is 486 cm³/mol. The van der Waals surface area contributed by atoms with E-state index in [1.807, 2.05) is 66.8 Å². The summed E-state index contributed by atoms with van der Waals surface area (Å²) in [7, 11) is 8.53. The minimum absolute atomic E-state index is 0.00288. The molecule has 1 aliphatic heterocycles. The molecule has 3 aromatic rings. The summed E-state index contributed by atoms with van der Waals surface area (Å²) < 4.78 is 64.0. The topological polar surface area (TPSA) is 461 Å². The first-order chi connectivity index (χ1) is 62.0. The standard InChI is InChI=1S/C91H148N16O21S/c1-16-66(8)85(105(12)89(116)76(64(4)5)54-80(111)84(65(6)7)104(10)11)81(118-13)55-83(113)107-33-21-26-78(107)86(119-14)67(9)87(114)99-71(59-98-102-93)51-68-28-30-69(31-29-68)52-79(110)77(25-20-32-94-90(92)117)100-88(115)75(63(2)3)53-74(109)62-128-61-73(108)24-22-35-120-37-39-122-41-43-124-45-47-126-49-50-127-48-46-125-44-42-123-40-38-121-36-34-106-60-72(101-103-106)58-95-82(112)27-19-17-18-23-70-56-96-91(129-15)97-57-70/h28-31,56-57,60,63-67,71,75-78,81,84-86H,16-17,19-22,24-27,32-55,58-59,61-62H2,1-15H3,(H,95,112)(H,99,114)(H,100,115)(H3,92,94,117)/t66-,67+,71-,75-,76-,77-,78-,81+,84-,85-,86+/m0/s1. The molecule has 3 heterocycles. The zero-order valence-electron chi connectivity index (χ0n) is 79.0. The summed E-state index contributed by atoms with van der Waals surface area (Å²) in [6.45, 7) is 24.1. The first kappa shape index (κ1) is 113. The number of ketones is 4. The van der Waals surface area contributed by atoms with Gasteiger partial charge in [0.05, 0.1) is 173 Å². The van der Waals surface area contributed by atoms with E-state index in [0.717, 1.165) is 11.1 Å². The molecule has 38 heteroatoms. The number of carbonyl (C=O) groups is 10. The van der Waals surface area contributed by atoms with Gasteiger partial charge in [0.25, 0.3) is 0 Å². The van der Waals surface area contributed by atoms with Gasteiger partial charge >= 0.3 is 6.03 Å². The quantitative estimate of drug-likeness (QED) is 0.00710. The second-order valence-electron chi connectivity index (χ2n) is 33.5. The fraction of sp³-hybridized carbons (Fsp3) is 0.736. The number of Topliss-reactive ketones (excluding diaryl/α,β-unsaturated/α-hetero) is 4. The van der Waals surface area contributed by atoms with Gasteiger partial charge in [-0.05, 0) is 106 Å². The van der Waals surface area contributed by atoms with Crippen LogP contribution in [0, 0.1) is 53.3 Å². The summed E-state index contributed by atoms with van der Waals surface area (Å²) in [5.41, 5.74) is 17.5. The van der Waals surface area contributed by atoms with E-state index in [-0.39, 0.29) is 148 Å². The van der Waals surface area contributed by atoms with Gasteiger partial charge in [0.1, 0.15) is 18.9 Å². The number of nitrogens with zero attached hydrogens (tertiary/aromatic N) is 11. The van der Waals surface area contributed by atoms with Gasteiger partial charge in [-0.1, -0.05) is 127 Å². The molecule has 2 aromatic heterocycles. The molecule has 129 heavy (non-hydrogen) atoms. The first-order valence-corrected chi connectivity index (χ1v) is 46.5. The third kappa shape index (κ3) is 45.4. The van der Waals surface area contributed by atoms with Crippen LogP contribution in [0.4, 0.5) is 4.79 Å². The average molecular weight is 1830 g/mol. The van der Waals surface area contributed by atoms with Gasteiger partial charge < -0.3 is 88.9 Å². The lowest BCUT2D eigenvalue weighted by atomic mass is 9.83. The second kappa shape index (κ2) is 65.9. The Labute approximate surface area is 767 Å². The van der Waals surface area contributed by atoms with Crippen LogP contribution in [-0.2, 0) is 121 Å². The van der Waals surface area contributed by atoms with Gasteiger partial charge in [-0.2, -0.15) is 0 Å². The Bertz CT molecular complexity index is 3880. The van der Waals surface area contributed by atoms with E-state index in [0.29, 0.717) is 180 Å². The maximum atomic E-state index is 14.6. The van der Waals surface area contributed by atoms with Crippen molar-refractivity contribution >= 4 is 70.5 Å². The Morgan fingerprint density at radius 2 is 1.25 bits per heavy atom. The van der Waals surface area contributed by atoms with Crippen LogP contribution in [0.3, 0.4) is 0 Å². The van der Waals surface area contributed by atoms with Gasteiger partial charge in [0.2, 0.25) is 29.5 Å². The Hall–Kier alpha value is -8.52. The van der Waals surface area contributed by atoms with Crippen LogP contribution < -0.4 is 27.0 Å². The fourth-order valence-electron chi connectivity index (χ4n) is 15.2. The van der Waals surface area contributed by atoms with Gasteiger partial charge in [-0.25, -0.2) is 19.4 Å². The van der Waals surface area contributed by atoms with Gasteiger partial charge in [-0.3, -0.25) is 48.1 Å². The number of urea groups is 1. The van der Waals surface area contributed by atoms with E-state index in [4.69, 9.17) is 57.8 Å². The number of nitrogens with two attached hydrogens (primary N) is 1. The first-order valence-electron chi connectivity index (χ1n) is 45.3. The molecule has 1 aromatic carbocycles. The van der Waals surface area contributed by atoms with Gasteiger partial charge in [0.15, 0.2) is 28.3 Å². The number of hydrogen-bond donors (Lipinski definition) is 5. The number of aromatic nitrogens is 5. The molecule has 0 bridgehead atoms. The van der Waals surface area contributed by atoms with Crippen LogP contribution in [0.5, 0.6) is 0 Å². The summed E-state index contributed by atoms with van der Waals surface area (Å²) in [5, 5.41) is 24.0. The number of methoxy groups -OCH3 is 2. The van der Waals surface area contributed by atoms with Crippen molar-refractivity contribution in [3.8, 4) is 11.8 Å². The van der Waals surface area contributed by atoms with Crippen LogP contribution >= 0.6 is 11.8 Å². The van der Waals surface area contributed by atoms with Crippen LogP contribution in [0.15, 0.2) is 53.1 Å². The average Bonchev–Trinajstić information content (AvgIpc) is 1.28. The summed E-state index contributed by atoms with van der Waals surface area (Å²) in [6, 6.07) is 3.33. The highest BCUT2D eigenvalue weighted by Crippen LogP contribution is 2.32. The summed E-state index contributed by atoms with van der Waals surface area (Å²) in [6.07, 6.45) is 10.1. The molecule has 0 spiro atoms. The molecule has 1 fully saturated rings. The molecule has 6 N–H and O–H groups in total. The van der Waals surface area contributed by atoms with E-state index in [2.05, 4.69) is 63.4 Å². The van der Waals surface area contributed by atoms with Crippen LogP contribution in [-0.4, -0.2) is 321 Å². The summed E-state index contributed by atoms with van der Waals surface area (Å²) in [4.78, 5) is 152. The fourth-order valence-corrected chi connectivity index (χ4v) is 15.5. The molecule has 0 unspecified atom stereocenters. The monoisotopic (exact) mass is 1830 g/mol. The number of primary amides is 1. The Morgan fingerprint density at radius 3 is 1.79 bits per heavy atom. The van der Waals surface area contributed by atoms with Crippen molar-refractivity contribution < 1.29 is 100 Å². The van der Waals surface area contributed by atoms with Gasteiger partial charge in [0, 0.05) is 121 Å². The number of benzene rings is 1. The maximum absolute atomic E-state index is 14.6. The molecule has 0 saturated carbocycles. The number of likely N-dealkylation sites (tertiary alicyclic amines) is 1. The largest absolute Gasteiger partial charge is 0.379 e. The normalized spacial score (nSPS) is 15.1. The molecule has 0 radical (unpaired) electrons. The number of azide groups is 1. The smallest absolute Gasteiger partial charge is 0.312 e. The van der Waals surface area contributed by atoms with Crippen LogP contribution in [0.1, 0.15) is 168 Å². The lowest BCUT2D eigenvalue weighted by Gasteiger charge is -2.41. The zero-order valence-corrected chi connectivity index (χ0v) is 79.8. The molecular formula is C91H148N16O21S. The van der Waals surface area contributed by atoms with E-state index in [1.165, 1.54) is 26.0 Å². The molecule has 1 saturated heterocycles. The predicted octanol–water partition coefficient (Wildman–Crippen LogP) is 7.18. The van der Waals surface area contributed by atoms with E-state index in [1.54, 1.807) is 85.2 Å². The molecule has 724 valence electrons. The summed E-state index contributed by atoms with van der Waals surface area (Å²) in [5.74, 6) is 1.04. The van der Waals surface area contributed by atoms with E-state index < -0.39 is 78.5 Å². The number of hydrogen-bond acceptors (Lipinski definition) is 28. The van der Waals surface area contributed by atoms with Crippen molar-refractivity contribution in [3.63, 3.8) is 0 Å². The van der Waals surface area contributed by atoms with Crippen molar-refractivity contribution in [1.82, 2.24) is 60.9 Å². The lowest BCUT2D eigenvalue weighted by molar-refractivity contribution is -0.149. The molecule has 11 atom stereocenters. The van der Waals surface area contributed by atoms with Crippen LogP contribution in [0.25, 0.3) is 10.4 Å². The Balaban J connectivity index is 1.07. The number of nitrogens with one attached hydrogen (secondary N) is 4. The number of carbonyl (C=O) groups excluding carboxylic acids is 10. The van der Waals surface area contributed by atoms with Crippen molar-refractivity contribution in [2.75, 3.05) is 180 Å². The molecule has 4 rings (SSSR count). The Morgan fingerprint density at radius 1 is 0.667 bits per heavy atom. The highest BCUT2D eigenvalue weighted by molar-refractivity contribution is 7.98. The molecule has 7 amide bonds. The minimum Gasteiger partial charge on any atom is -0.379 e. The van der Waals surface area contributed by atoms with Crippen molar-refractivity contribution in [1.29, 1.82) is 0 Å². The van der Waals surface area contributed by atoms with E-state index >= 15 is 0 Å². The molecule has 37 nitrogen and oxygen atoms in total. The van der Waals surface area contributed by atoms with E-state index in [9.17, 15) is 53.5 Å².